The first-order chi connectivity index (χ1) is 10.5. The van der Waals surface area contributed by atoms with E-state index in [0.717, 1.165) is 32.7 Å². The van der Waals surface area contributed by atoms with Gasteiger partial charge in [-0.25, -0.2) is 0 Å². The lowest BCUT2D eigenvalue weighted by molar-refractivity contribution is -0.139. The molecule has 1 aromatic carbocycles. The Balaban J connectivity index is 1.94. The van der Waals surface area contributed by atoms with Crippen LogP contribution >= 0.6 is 0 Å². The van der Waals surface area contributed by atoms with Gasteiger partial charge < -0.3 is 14.5 Å². The first-order valence-corrected chi connectivity index (χ1v) is 7.80. The number of carbonyl (C=O) groups is 2. The summed E-state index contributed by atoms with van der Waals surface area (Å²) in [7, 11) is 0. The van der Waals surface area contributed by atoms with E-state index in [0.29, 0.717) is 11.3 Å². The van der Waals surface area contributed by atoms with E-state index in [-0.39, 0.29) is 11.7 Å². The lowest BCUT2D eigenvalue weighted by Crippen LogP contribution is -2.51. The Hall–Kier alpha value is -1.88. The fraction of sp³-hybridized carbons (Fsp3) is 0.529. The van der Waals surface area contributed by atoms with Gasteiger partial charge in [-0.3, -0.25) is 9.59 Å². The van der Waals surface area contributed by atoms with E-state index >= 15 is 0 Å². The van der Waals surface area contributed by atoms with Gasteiger partial charge in [-0.05, 0) is 32.5 Å². The predicted molar refractivity (Wildman–Crippen MR) is 85.2 cm³/mol. The molecule has 1 aliphatic heterocycles. The maximum atomic E-state index is 12.4. The molecule has 0 saturated carbocycles. The molecule has 2 rings (SSSR count). The normalized spacial score (nSPS) is 17.1. The lowest BCUT2D eigenvalue weighted by Gasteiger charge is -2.35. The van der Waals surface area contributed by atoms with E-state index in [2.05, 4.69) is 11.8 Å². The minimum Gasteiger partial charge on any atom is -0.481 e. The summed E-state index contributed by atoms with van der Waals surface area (Å²) < 4.78 is 5.72. The SMILES string of the molecule is CCN1CCN(C(=O)C(C)Oc2cccc(C(C)=O)c2)CC1. The summed E-state index contributed by atoms with van der Waals surface area (Å²) in [5.41, 5.74) is 0.591. The molecule has 1 amide bonds. The van der Waals surface area contributed by atoms with Gasteiger partial charge in [-0.2, -0.15) is 0 Å². The number of amides is 1. The quantitative estimate of drug-likeness (QED) is 0.779. The van der Waals surface area contributed by atoms with Crippen molar-refractivity contribution in [3.63, 3.8) is 0 Å². The molecule has 1 heterocycles. The van der Waals surface area contributed by atoms with Gasteiger partial charge >= 0.3 is 0 Å². The second kappa shape index (κ2) is 7.40. The van der Waals surface area contributed by atoms with Crippen LogP contribution in [0.25, 0.3) is 0 Å². The van der Waals surface area contributed by atoms with E-state index in [9.17, 15) is 9.59 Å². The molecule has 5 heteroatoms. The topological polar surface area (TPSA) is 49.9 Å². The maximum absolute atomic E-state index is 12.4. The van der Waals surface area contributed by atoms with Crippen LogP contribution < -0.4 is 4.74 Å². The Morgan fingerprint density at radius 3 is 2.50 bits per heavy atom. The van der Waals surface area contributed by atoms with Crippen molar-refractivity contribution in [2.45, 2.75) is 26.9 Å². The van der Waals surface area contributed by atoms with Crippen molar-refractivity contribution in [1.29, 1.82) is 0 Å². The zero-order valence-electron chi connectivity index (χ0n) is 13.5. The number of ether oxygens (including phenoxy) is 1. The fourth-order valence-electron chi connectivity index (χ4n) is 2.58. The van der Waals surface area contributed by atoms with Gasteiger partial charge in [0.1, 0.15) is 5.75 Å². The molecule has 120 valence electrons. The third kappa shape index (κ3) is 4.07. The largest absolute Gasteiger partial charge is 0.481 e. The first kappa shape index (κ1) is 16.5. The van der Waals surface area contributed by atoms with Crippen LogP contribution in [0.4, 0.5) is 0 Å². The smallest absolute Gasteiger partial charge is 0.263 e. The first-order valence-electron chi connectivity index (χ1n) is 7.80. The second-order valence-corrected chi connectivity index (χ2v) is 5.60. The van der Waals surface area contributed by atoms with Crippen LogP contribution in [-0.4, -0.2) is 60.3 Å². The summed E-state index contributed by atoms with van der Waals surface area (Å²) in [6.07, 6.45) is -0.546. The number of nitrogens with zero attached hydrogens (tertiary/aromatic N) is 2. The Morgan fingerprint density at radius 2 is 1.91 bits per heavy atom. The zero-order chi connectivity index (χ0) is 16.1. The Bertz CT molecular complexity index is 536. The van der Waals surface area contributed by atoms with Crippen LogP contribution in [0, 0.1) is 0 Å². The fourth-order valence-corrected chi connectivity index (χ4v) is 2.58. The third-order valence-corrected chi connectivity index (χ3v) is 4.03. The number of hydrogen-bond donors (Lipinski definition) is 0. The van der Waals surface area contributed by atoms with E-state index in [4.69, 9.17) is 4.74 Å². The number of likely N-dealkylation sites (N-methyl/N-ethyl adjacent to an activating group) is 1. The molecule has 0 aliphatic carbocycles. The van der Waals surface area contributed by atoms with Crippen LogP contribution in [0.3, 0.4) is 0 Å². The molecule has 0 radical (unpaired) electrons. The monoisotopic (exact) mass is 304 g/mol. The van der Waals surface area contributed by atoms with Gasteiger partial charge in [0, 0.05) is 31.7 Å². The van der Waals surface area contributed by atoms with Crippen molar-refractivity contribution in [3.8, 4) is 5.75 Å². The molecule has 1 atom stereocenters. The number of carbonyl (C=O) groups excluding carboxylic acids is 2. The van der Waals surface area contributed by atoms with Crippen LogP contribution in [-0.2, 0) is 4.79 Å². The van der Waals surface area contributed by atoms with Gasteiger partial charge in [-0.1, -0.05) is 19.1 Å². The summed E-state index contributed by atoms with van der Waals surface area (Å²) in [6.45, 7) is 9.73. The standard InChI is InChI=1S/C17H24N2O3/c1-4-18-8-10-19(11-9-18)17(21)14(3)22-16-7-5-6-15(12-16)13(2)20/h5-7,12,14H,4,8-11H2,1-3H3. The Kier molecular flexibility index (Phi) is 5.55. The molecular weight excluding hydrogens is 280 g/mol. The number of benzene rings is 1. The average molecular weight is 304 g/mol. The zero-order valence-corrected chi connectivity index (χ0v) is 13.5. The molecule has 1 aliphatic rings. The molecule has 1 saturated heterocycles. The van der Waals surface area contributed by atoms with Crippen LogP contribution in [0.15, 0.2) is 24.3 Å². The number of rotatable bonds is 5. The Morgan fingerprint density at radius 1 is 1.23 bits per heavy atom. The second-order valence-electron chi connectivity index (χ2n) is 5.60. The number of hydrogen-bond acceptors (Lipinski definition) is 4. The number of Topliss-reactive ketones (excluding diaryl/α,β-unsaturated/α-hetero) is 1. The molecule has 22 heavy (non-hydrogen) atoms. The third-order valence-electron chi connectivity index (χ3n) is 4.03. The summed E-state index contributed by atoms with van der Waals surface area (Å²) in [5, 5.41) is 0. The summed E-state index contributed by atoms with van der Waals surface area (Å²) in [5.74, 6) is 0.546. The van der Waals surface area contributed by atoms with Gasteiger partial charge in [0.25, 0.3) is 5.91 Å². The van der Waals surface area contributed by atoms with Gasteiger partial charge in [-0.15, -0.1) is 0 Å². The molecule has 1 fully saturated rings. The van der Waals surface area contributed by atoms with Gasteiger partial charge in [0.2, 0.25) is 0 Å². The van der Waals surface area contributed by atoms with Crippen molar-refractivity contribution >= 4 is 11.7 Å². The van der Waals surface area contributed by atoms with Crippen LogP contribution in [0.5, 0.6) is 5.75 Å². The van der Waals surface area contributed by atoms with Crippen molar-refractivity contribution < 1.29 is 14.3 Å². The highest BCUT2D eigenvalue weighted by Crippen LogP contribution is 2.16. The molecule has 0 aromatic heterocycles. The van der Waals surface area contributed by atoms with Gasteiger partial charge in [0.15, 0.2) is 11.9 Å². The van der Waals surface area contributed by atoms with E-state index in [1.807, 2.05) is 4.90 Å². The molecule has 0 bridgehead atoms. The lowest BCUT2D eigenvalue weighted by atomic mass is 10.1. The molecule has 1 unspecified atom stereocenters. The van der Waals surface area contributed by atoms with Crippen LogP contribution in [0.2, 0.25) is 0 Å². The van der Waals surface area contributed by atoms with Gasteiger partial charge in [0.05, 0.1) is 0 Å². The van der Waals surface area contributed by atoms with E-state index < -0.39 is 6.10 Å². The summed E-state index contributed by atoms with van der Waals surface area (Å²) in [4.78, 5) is 28.0. The minimum absolute atomic E-state index is 0.00369. The van der Waals surface area contributed by atoms with Crippen LogP contribution in [0.1, 0.15) is 31.1 Å². The highest BCUT2D eigenvalue weighted by molar-refractivity contribution is 5.94. The molecule has 1 aromatic rings. The number of ketones is 1. The average Bonchev–Trinajstić information content (AvgIpc) is 2.54. The van der Waals surface area contributed by atoms with E-state index in [1.165, 1.54) is 6.92 Å². The summed E-state index contributed by atoms with van der Waals surface area (Å²) in [6, 6.07) is 6.96. The molecular formula is C17H24N2O3. The predicted octanol–water partition coefficient (Wildman–Crippen LogP) is 1.82. The summed E-state index contributed by atoms with van der Waals surface area (Å²) >= 11 is 0. The number of piperazine rings is 1. The molecule has 5 nitrogen and oxygen atoms in total. The van der Waals surface area contributed by atoms with Crippen molar-refractivity contribution in [2.24, 2.45) is 0 Å². The molecule has 0 N–H and O–H groups in total. The highest BCUT2D eigenvalue weighted by Gasteiger charge is 2.25. The minimum atomic E-state index is -0.546. The van der Waals surface area contributed by atoms with Crippen molar-refractivity contribution in [2.75, 3.05) is 32.7 Å². The van der Waals surface area contributed by atoms with Crippen molar-refractivity contribution in [3.05, 3.63) is 29.8 Å². The Labute approximate surface area is 131 Å². The highest BCUT2D eigenvalue weighted by atomic mass is 16.5. The maximum Gasteiger partial charge on any atom is 0.263 e. The van der Waals surface area contributed by atoms with Crippen molar-refractivity contribution in [1.82, 2.24) is 9.80 Å². The molecule has 0 spiro atoms. The van der Waals surface area contributed by atoms with E-state index in [1.54, 1.807) is 31.2 Å².